The average molecular weight is 350 g/mol. The summed E-state index contributed by atoms with van der Waals surface area (Å²) in [7, 11) is 4.06. The molecule has 0 radical (unpaired) electrons. The van der Waals surface area contributed by atoms with Crippen LogP contribution in [-0.4, -0.2) is 25.2 Å². The minimum Gasteiger partial charge on any atom is -0.377 e. The Morgan fingerprint density at radius 3 is 2.40 bits per heavy atom. The second-order valence-electron chi connectivity index (χ2n) is 6.05. The molecule has 0 aliphatic rings. The molecular formula is C21H20ClN3. The van der Waals surface area contributed by atoms with Crippen molar-refractivity contribution in [3.05, 3.63) is 82.4 Å². The lowest BCUT2D eigenvalue weighted by Gasteiger charge is -2.18. The molecule has 4 heteroatoms. The molecule has 3 aromatic rings. The first-order chi connectivity index (χ1) is 12.1. The van der Waals surface area contributed by atoms with Gasteiger partial charge in [0.15, 0.2) is 0 Å². The van der Waals surface area contributed by atoms with Crippen molar-refractivity contribution in [1.29, 1.82) is 0 Å². The lowest BCUT2D eigenvalue weighted by molar-refractivity contribution is 0.595. The van der Waals surface area contributed by atoms with Gasteiger partial charge in [-0.25, -0.2) is 0 Å². The van der Waals surface area contributed by atoms with Gasteiger partial charge in [-0.2, -0.15) is 5.10 Å². The van der Waals surface area contributed by atoms with E-state index in [9.17, 15) is 0 Å². The molecule has 0 amide bonds. The topological polar surface area (TPSA) is 41.6 Å². The average Bonchev–Trinajstić information content (AvgIpc) is 2.61. The monoisotopic (exact) mass is 349 g/mol. The van der Waals surface area contributed by atoms with Crippen molar-refractivity contribution in [2.45, 2.75) is 0 Å². The number of hydrogen-bond donors (Lipinski definition) is 1. The van der Waals surface area contributed by atoms with E-state index < -0.39 is 0 Å². The Morgan fingerprint density at radius 2 is 1.72 bits per heavy atom. The van der Waals surface area contributed by atoms with Crippen molar-refractivity contribution in [2.75, 3.05) is 14.1 Å². The van der Waals surface area contributed by atoms with Gasteiger partial charge in [-0.05, 0) is 40.3 Å². The minimum absolute atomic E-state index is 0.761. The fourth-order valence-corrected chi connectivity index (χ4v) is 3.12. The molecule has 0 spiro atoms. The van der Waals surface area contributed by atoms with E-state index in [0.717, 1.165) is 38.2 Å². The predicted octanol–water partition coefficient (Wildman–Crippen LogP) is 4.85. The predicted molar refractivity (Wildman–Crippen MR) is 109 cm³/mol. The van der Waals surface area contributed by atoms with Gasteiger partial charge in [-0.3, -0.25) is 0 Å². The van der Waals surface area contributed by atoms with Gasteiger partial charge in [-0.15, -0.1) is 0 Å². The SMILES string of the molecule is CN(C)C(=Cc1cc(Cl)c2ccccc2c1)c1ccc(/C=N/N)cc1. The van der Waals surface area contributed by atoms with Gasteiger partial charge in [0.1, 0.15) is 0 Å². The standard InChI is InChI=1S/C21H20ClN3/c1-25(2)21(17-9-7-15(8-10-17)14-24-23)13-16-11-18-5-3-4-6-19(18)20(22)12-16/h3-14H,23H2,1-2H3/b21-13?,24-14+. The number of hydrazone groups is 1. The van der Waals surface area contributed by atoms with Crippen LogP contribution in [0.25, 0.3) is 22.5 Å². The van der Waals surface area contributed by atoms with Gasteiger partial charge in [0.25, 0.3) is 0 Å². The van der Waals surface area contributed by atoms with Crippen molar-refractivity contribution in [3.8, 4) is 0 Å². The van der Waals surface area contributed by atoms with E-state index in [0.29, 0.717) is 0 Å². The number of nitrogens with two attached hydrogens (primary N) is 1. The zero-order valence-corrected chi connectivity index (χ0v) is 15.0. The summed E-state index contributed by atoms with van der Waals surface area (Å²) in [5.41, 5.74) is 4.25. The normalized spacial score (nSPS) is 12.0. The van der Waals surface area contributed by atoms with Crippen LogP contribution in [0.4, 0.5) is 0 Å². The second kappa shape index (κ2) is 7.41. The zero-order valence-electron chi connectivity index (χ0n) is 14.3. The van der Waals surface area contributed by atoms with Crippen LogP contribution in [0.2, 0.25) is 5.02 Å². The Kier molecular flexibility index (Phi) is 5.05. The van der Waals surface area contributed by atoms with Gasteiger partial charge < -0.3 is 10.7 Å². The van der Waals surface area contributed by atoms with Crippen LogP contribution in [0.5, 0.6) is 0 Å². The molecule has 2 N–H and O–H groups in total. The molecule has 0 aliphatic heterocycles. The quantitative estimate of drug-likeness (QED) is 0.317. The Hall–Kier alpha value is -2.78. The molecule has 0 atom stereocenters. The third kappa shape index (κ3) is 3.83. The molecule has 3 nitrogen and oxygen atoms in total. The van der Waals surface area contributed by atoms with Crippen molar-refractivity contribution in [3.63, 3.8) is 0 Å². The summed E-state index contributed by atoms with van der Waals surface area (Å²) in [5.74, 6) is 5.21. The van der Waals surface area contributed by atoms with Crippen LogP contribution in [0.15, 0.2) is 65.8 Å². The number of benzene rings is 3. The van der Waals surface area contributed by atoms with Crippen LogP contribution in [0, 0.1) is 0 Å². The first-order valence-electron chi connectivity index (χ1n) is 7.99. The maximum atomic E-state index is 6.46. The molecule has 3 rings (SSSR count). The van der Waals surface area contributed by atoms with E-state index in [1.807, 2.05) is 50.5 Å². The minimum atomic E-state index is 0.761. The molecule has 0 aliphatic carbocycles. The Morgan fingerprint density at radius 1 is 1.00 bits per heavy atom. The largest absolute Gasteiger partial charge is 0.377 e. The van der Waals surface area contributed by atoms with Gasteiger partial charge in [0.2, 0.25) is 0 Å². The van der Waals surface area contributed by atoms with Crippen LogP contribution in [0.1, 0.15) is 16.7 Å². The van der Waals surface area contributed by atoms with Gasteiger partial charge in [0, 0.05) is 30.2 Å². The van der Waals surface area contributed by atoms with Gasteiger partial charge in [-0.1, -0.05) is 60.1 Å². The number of nitrogens with zero attached hydrogens (tertiary/aromatic N) is 2. The van der Waals surface area contributed by atoms with Crippen LogP contribution < -0.4 is 5.84 Å². The molecule has 25 heavy (non-hydrogen) atoms. The third-order valence-electron chi connectivity index (χ3n) is 4.05. The fourth-order valence-electron chi connectivity index (χ4n) is 2.82. The van der Waals surface area contributed by atoms with Crippen molar-refractivity contribution in [1.82, 2.24) is 4.90 Å². The lowest BCUT2D eigenvalue weighted by atomic mass is 10.0. The highest BCUT2D eigenvalue weighted by Gasteiger charge is 2.06. The van der Waals surface area contributed by atoms with E-state index in [1.54, 1.807) is 6.21 Å². The van der Waals surface area contributed by atoms with Crippen molar-refractivity contribution >= 4 is 40.4 Å². The van der Waals surface area contributed by atoms with Crippen LogP contribution in [0.3, 0.4) is 0 Å². The van der Waals surface area contributed by atoms with Crippen molar-refractivity contribution < 1.29 is 0 Å². The number of rotatable bonds is 4. The number of halogens is 1. The second-order valence-corrected chi connectivity index (χ2v) is 6.46. The molecule has 0 saturated heterocycles. The summed E-state index contributed by atoms with van der Waals surface area (Å²) in [6.07, 6.45) is 3.77. The summed E-state index contributed by atoms with van der Waals surface area (Å²) >= 11 is 6.46. The zero-order chi connectivity index (χ0) is 17.8. The smallest absolute Gasteiger partial charge is 0.0538 e. The summed E-state index contributed by atoms with van der Waals surface area (Å²) in [5, 5.41) is 6.52. The van der Waals surface area contributed by atoms with Gasteiger partial charge in [0.05, 0.1) is 6.21 Å². The highest BCUT2D eigenvalue weighted by Crippen LogP contribution is 2.28. The highest BCUT2D eigenvalue weighted by molar-refractivity contribution is 6.35. The Bertz CT molecular complexity index is 941. The van der Waals surface area contributed by atoms with Crippen LogP contribution >= 0.6 is 11.6 Å². The molecule has 0 aromatic heterocycles. The van der Waals surface area contributed by atoms with E-state index in [1.165, 1.54) is 0 Å². The Balaban J connectivity index is 2.06. The van der Waals surface area contributed by atoms with Gasteiger partial charge >= 0.3 is 0 Å². The molecule has 0 heterocycles. The molecule has 0 unspecified atom stereocenters. The molecule has 0 saturated carbocycles. The van der Waals surface area contributed by atoms with E-state index in [4.69, 9.17) is 17.4 Å². The number of hydrogen-bond acceptors (Lipinski definition) is 3. The first kappa shape index (κ1) is 17.1. The third-order valence-corrected chi connectivity index (χ3v) is 4.36. The van der Waals surface area contributed by atoms with E-state index >= 15 is 0 Å². The van der Waals surface area contributed by atoms with E-state index in [2.05, 4.69) is 40.3 Å². The highest BCUT2D eigenvalue weighted by atomic mass is 35.5. The summed E-state index contributed by atoms with van der Waals surface area (Å²) < 4.78 is 0. The van der Waals surface area contributed by atoms with E-state index in [-0.39, 0.29) is 0 Å². The molecular weight excluding hydrogens is 330 g/mol. The fraction of sp³-hybridized carbons (Fsp3) is 0.0952. The molecule has 3 aromatic carbocycles. The molecule has 0 fully saturated rings. The summed E-state index contributed by atoms with van der Waals surface area (Å²) in [6, 6.07) is 20.4. The summed E-state index contributed by atoms with van der Waals surface area (Å²) in [6.45, 7) is 0. The maximum absolute atomic E-state index is 6.46. The maximum Gasteiger partial charge on any atom is 0.0538 e. The lowest BCUT2D eigenvalue weighted by Crippen LogP contribution is -2.10. The van der Waals surface area contributed by atoms with Crippen LogP contribution in [-0.2, 0) is 0 Å². The molecule has 0 bridgehead atoms. The first-order valence-corrected chi connectivity index (χ1v) is 8.37. The van der Waals surface area contributed by atoms with Crippen molar-refractivity contribution in [2.24, 2.45) is 10.9 Å². The Labute approximate surface area is 153 Å². The summed E-state index contributed by atoms with van der Waals surface area (Å²) in [4.78, 5) is 2.09. The number of fused-ring (bicyclic) bond motifs is 1. The molecule has 126 valence electrons.